The fourth-order valence-electron chi connectivity index (χ4n) is 1.37. The van der Waals surface area contributed by atoms with Gasteiger partial charge in [0.1, 0.15) is 5.82 Å². The van der Waals surface area contributed by atoms with E-state index in [1.165, 1.54) is 4.88 Å². The van der Waals surface area contributed by atoms with E-state index in [2.05, 4.69) is 9.97 Å². The van der Waals surface area contributed by atoms with E-state index in [0.29, 0.717) is 0 Å². The lowest BCUT2D eigenvalue weighted by atomic mass is 10.3. The summed E-state index contributed by atoms with van der Waals surface area (Å²) < 4.78 is 0. The highest BCUT2D eigenvalue weighted by Gasteiger charge is 2.04. The first kappa shape index (κ1) is 10.1. The number of aromatic amines is 1. The van der Waals surface area contributed by atoms with Crippen LogP contribution >= 0.6 is 11.3 Å². The first-order chi connectivity index (χ1) is 7.19. The zero-order valence-electron chi connectivity index (χ0n) is 8.70. The van der Waals surface area contributed by atoms with E-state index < -0.39 is 0 Å². The number of aryl methyl sites for hydroxylation is 2. The summed E-state index contributed by atoms with van der Waals surface area (Å²) in [5.41, 5.74) is 0.691. The minimum Gasteiger partial charge on any atom is -0.311 e. The Morgan fingerprint density at radius 3 is 2.87 bits per heavy atom. The molecule has 2 heterocycles. The van der Waals surface area contributed by atoms with Crippen LogP contribution in [0.2, 0.25) is 0 Å². The SMILES string of the molecule is CCc1nc(-c2ccc(C)s2)cc(=O)[nH]1. The van der Waals surface area contributed by atoms with Gasteiger partial charge in [0.2, 0.25) is 0 Å². The summed E-state index contributed by atoms with van der Waals surface area (Å²) in [5.74, 6) is 0.739. The summed E-state index contributed by atoms with van der Waals surface area (Å²) in [6, 6.07) is 5.58. The van der Waals surface area contributed by atoms with Gasteiger partial charge in [0.25, 0.3) is 5.56 Å². The van der Waals surface area contributed by atoms with Gasteiger partial charge >= 0.3 is 0 Å². The van der Waals surface area contributed by atoms with E-state index in [1.807, 2.05) is 26.0 Å². The van der Waals surface area contributed by atoms with Gasteiger partial charge in [0.15, 0.2) is 0 Å². The lowest BCUT2D eigenvalue weighted by Gasteiger charge is -1.99. The number of rotatable bonds is 2. The molecule has 3 nitrogen and oxygen atoms in total. The van der Waals surface area contributed by atoms with Crippen LogP contribution in [0.25, 0.3) is 10.6 Å². The zero-order chi connectivity index (χ0) is 10.8. The van der Waals surface area contributed by atoms with Crippen molar-refractivity contribution in [1.82, 2.24) is 9.97 Å². The van der Waals surface area contributed by atoms with E-state index in [4.69, 9.17) is 0 Å². The fraction of sp³-hybridized carbons (Fsp3) is 0.273. The lowest BCUT2D eigenvalue weighted by Crippen LogP contribution is -2.10. The van der Waals surface area contributed by atoms with Crippen LogP contribution in [0.15, 0.2) is 23.0 Å². The molecule has 0 aliphatic carbocycles. The Kier molecular flexibility index (Phi) is 2.68. The Bertz CT molecular complexity index is 527. The number of aromatic nitrogens is 2. The van der Waals surface area contributed by atoms with Gasteiger partial charge in [-0.2, -0.15) is 0 Å². The highest BCUT2D eigenvalue weighted by Crippen LogP contribution is 2.24. The number of hydrogen-bond acceptors (Lipinski definition) is 3. The summed E-state index contributed by atoms with van der Waals surface area (Å²) in [5, 5.41) is 0. The number of hydrogen-bond donors (Lipinski definition) is 1. The van der Waals surface area contributed by atoms with Crippen molar-refractivity contribution in [3.8, 4) is 10.6 Å². The van der Waals surface area contributed by atoms with Crippen molar-refractivity contribution in [2.45, 2.75) is 20.3 Å². The summed E-state index contributed by atoms with van der Waals surface area (Å²) in [4.78, 5) is 20.7. The molecule has 0 amide bonds. The minimum atomic E-state index is -0.0806. The molecule has 0 aliphatic heterocycles. The van der Waals surface area contributed by atoms with Gasteiger partial charge in [-0.3, -0.25) is 4.79 Å². The third-order valence-electron chi connectivity index (χ3n) is 2.12. The van der Waals surface area contributed by atoms with Crippen LogP contribution < -0.4 is 5.56 Å². The van der Waals surface area contributed by atoms with Crippen LogP contribution in [-0.2, 0) is 6.42 Å². The summed E-state index contributed by atoms with van der Waals surface area (Å²) in [6.07, 6.45) is 0.743. The van der Waals surface area contributed by atoms with Crippen LogP contribution in [0.1, 0.15) is 17.6 Å². The molecule has 0 unspecified atom stereocenters. The zero-order valence-corrected chi connectivity index (χ0v) is 9.52. The van der Waals surface area contributed by atoms with Crippen molar-refractivity contribution in [3.63, 3.8) is 0 Å². The molecule has 1 N–H and O–H groups in total. The van der Waals surface area contributed by atoms with Crippen LogP contribution in [0.3, 0.4) is 0 Å². The third kappa shape index (κ3) is 2.15. The number of nitrogens with one attached hydrogen (secondary N) is 1. The molecule has 0 bridgehead atoms. The van der Waals surface area contributed by atoms with Crippen LogP contribution in [0.5, 0.6) is 0 Å². The Hall–Kier alpha value is -1.42. The molecular formula is C11H12N2OS. The Morgan fingerprint density at radius 1 is 1.47 bits per heavy atom. The molecule has 0 saturated heterocycles. The minimum absolute atomic E-state index is 0.0806. The molecule has 78 valence electrons. The fourth-order valence-corrected chi connectivity index (χ4v) is 2.20. The molecule has 0 aromatic carbocycles. The van der Waals surface area contributed by atoms with E-state index in [1.54, 1.807) is 17.4 Å². The van der Waals surface area contributed by atoms with Crippen LogP contribution in [0.4, 0.5) is 0 Å². The molecule has 15 heavy (non-hydrogen) atoms. The second kappa shape index (κ2) is 3.98. The molecule has 0 atom stereocenters. The van der Waals surface area contributed by atoms with Gasteiger partial charge in [-0.15, -0.1) is 11.3 Å². The predicted octanol–water partition coefficient (Wildman–Crippen LogP) is 2.37. The van der Waals surface area contributed by atoms with Crippen LogP contribution in [-0.4, -0.2) is 9.97 Å². The number of thiophene rings is 1. The third-order valence-corrected chi connectivity index (χ3v) is 3.14. The number of nitrogens with zero attached hydrogens (tertiary/aromatic N) is 1. The molecule has 0 fully saturated rings. The summed E-state index contributed by atoms with van der Waals surface area (Å²) in [7, 11) is 0. The normalized spacial score (nSPS) is 10.5. The molecule has 2 aromatic rings. The van der Waals surface area contributed by atoms with Gasteiger partial charge in [0, 0.05) is 17.4 Å². The van der Waals surface area contributed by atoms with E-state index in [9.17, 15) is 4.79 Å². The van der Waals surface area contributed by atoms with Gasteiger partial charge < -0.3 is 4.98 Å². The maximum Gasteiger partial charge on any atom is 0.251 e. The largest absolute Gasteiger partial charge is 0.311 e. The van der Waals surface area contributed by atoms with Gasteiger partial charge in [-0.1, -0.05) is 6.92 Å². The molecule has 0 radical (unpaired) electrons. The Morgan fingerprint density at radius 2 is 2.27 bits per heavy atom. The van der Waals surface area contributed by atoms with Crippen molar-refractivity contribution in [3.05, 3.63) is 39.3 Å². The average Bonchev–Trinajstić information content (AvgIpc) is 2.64. The highest BCUT2D eigenvalue weighted by atomic mass is 32.1. The quantitative estimate of drug-likeness (QED) is 0.844. The van der Waals surface area contributed by atoms with Crippen molar-refractivity contribution >= 4 is 11.3 Å². The van der Waals surface area contributed by atoms with E-state index in [-0.39, 0.29) is 5.56 Å². The molecule has 2 rings (SSSR count). The highest BCUT2D eigenvalue weighted by molar-refractivity contribution is 7.15. The molecular weight excluding hydrogens is 208 g/mol. The van der Waals surface area contributed by atoms with E-state index >= 15 is 0 Å². The Labute approximate surface area is 91.8 Å². The smallest absolute Gasteiger partial charge is 0.251 e. The molecule has 4 heteroatoms. The topological polar surface area (TPSA) is 45.8 Å². The van der Waals surface area contributed by atoms with Crippen molar-refractivity contribution < 1.29 is 0 Å². The monoisotopic (exact) mass is 220 g/mol. The van der Waals surface area contributed by atoms with Crippen LogP contribution in [0, 0.1) is 6.92 Å². The van der Waals surface area contributed by atoms with Gasteiger partial charge in [0.05, 0.1) is 10.6 Å². The van der Waals surface area contributed by atoms with E-state index in [0.717, 1.165) is 22.8 Å². The Balaban J connectivity index is 2.53. The molecule has 2 aromatic heterocycles. The number of H-pyrrole nitrogens is 1. The summed E-state index contributed by atoms with van der Waals surface area (Å²) in [6.45, 7) is 4.02. The first-order valence-corrected chi connectivity index (χ1v) is 5.67. The average molecular weight is 220 g/mol. The standard InChI is InChI=1S/C11H12N2OS/c1-3-10-12-8(6-11(14)13-10)9-5-4-7(2)15-9/h4-6H,3H2,1-2H3,(H,12,13,14). The van der Waals surface area contributed by atoms with Crippen molar-refractivity contribution in [2.24, 2.45) is 0 Å². The van der Waals surface area contributed by atoms with Crippen molar-refractivity contribution in [1.29, 1.82) is 0 Å². The maximum absolute atomic E-state index is 11.4. The van der Waals surface area contributed by atoms with Gasteiger partial charge in [-0.25, -0.2) is 4.98 Å². The maximum atomic E-state index is 11.4. The second-order valence-electron chi connectivity index (χ2n) is 3.34. The predicted molar refractivity (Wildman–Crippen MR) is 62.3 cm³/mol. The first-order valence-electron chi connectivity index (χ1n) is 4.86. The molecule has 0 saturated carbocycles. The summed E-state index contributed by atoms with van der Waals surface area (Å²) >= 11 is 1.65. The molecule has 0 aliphatic rings. The van der Waals surface area contributed by atoms with Crippen molar-refractivity contribution in [2.75, 3.05) is 0 Å². The van der Waals surface area contributed by atoms with Gasteiger partial charge in [-0.05, 0) is 19.1 Å². The molecule has 0 spiro atoms. The second-order valence-corrected chi connectivity index (χ2v) is 4.63. The lowest BCUT2D eigenvalue weighted by molar-refractivity contribution is 0.925.